The molecule has 1 aliphatic carbocycles. The Bertz CT molecular complexity index is 944. The molecule has 4 nitrogen and oxygen atoms in total. The Morgan fingerprint density at radius 2 is 1.72 bits per heavy atom. The topological polar surface area (TPSA) is 45.3 Å². The lowest BCUT2D eigenvalue weighted by atomic mass is 9.74. The second-order valence-corrected chi connectivity index (χ2v) is 8.02. The molecule has 3 aromatic rings. The van der Waals surface area contributed by atoms with Crippen LogP contribution in [0.3, 0.4) is 0 Å². The Hall–Kier alpha value is -2.30. The molecule has 1 aromatic heterocycles. The molecule has 1 fully saturated rings. The highest BCUT2D eigenvalue weighted by Gasteiger charge is 2.39. The molecule has 0 spiro atoms. The van der Waals surface area contributed by atoms with Gasteiger partial charge in [0.25, 0.3) is 0 Å². The average Bonchev–Trinajstić information content (AvgIpc) is 3.12. The summed E-state index contributed by atoms with van der Waals surface area (Å²) < 4.78 is 5.85. The summed E-state index contributed by atoms with van der Waals surface area (Å²) >= 11 is 0. The third-order valence-electron chi connectivity index (χ3n) is 6.23. The van der Waals surface area contributed by atoms with E-state index in [1.54, 1.807) is 0 Å². The number of benzene rings is 2. The fraction of sp³-hybridized carbons (Fsp3) is 0.375. The molecule has 154 valence electrons. The highest BCUT2D eigenvalue weighted by Crippen LogP contribution is 2.41. The normalized spacial score (nSPS) is 21.7. The Morgan fingerprint density at radius 3 is 2.41 bits per heavy atom. The van der Waals surface area contributed by atoms with Gasteiger partial charge in [0.05, 0.1) is 6.42 Å². The maximum atomic E-state index is 12.5. The molecule has 1 saturated carbocycles. The predicted molar refractivity (Wildman–Crippen MR) is 119 cm³/mol. The first-order chi connectivity index (χ1) is 13.6. The third-order valence-corrected chi connectivity index (χ3v) is 6.23. The summed E-state index contributed by atoms with van der Waals surface area (Å²) in [4.78, 5) is 18.1. The fourth-order valence-electron chi connectivity index (χ4n) is 4.59. The number of esters is 1. The van der Waals surface area contributed by atoms with Gasteiger partial charge < -0.3 is 9.72 Å². The van der Waals surface area contributed by atoms with Crippen LogP contribution in [-0.4, -0.2) is 36.1 Å². The number of hydrogen-bond acceptors (Lipinski definition) is 3. The van der Waals surface area contributed by atoms with Gasteiger partial charge in [0, 0.05) is 22.6 Å². The summed E-state index contributed by atoms with van der Waals surface area (Å²) in [6, 6.07) is 18.7. The molecule has 0 radical (unpaired) electrons. The van der Waals surface area contributed by atoms with Crippen LogP contribution in [0.2, 0.25) is 0 Å². The highest BCUT2D eigenvalue weighted by atomic mass is 35.5. The van der Waals surface area contributed by atoms with Gasteiger partial charge in [0.15, 0.2) is 0 Å². The van der Waals surface area contributed by atoms with Crippen molar-refractivity contribution in [1.82, 2.24) is 9.88 Å². The number of hydrogen-bond donors (Lipinski definition) is 1. The van der Waals surface area contributed by atoms with Gasteiger partial charge in [-0.05, 0) is 57.0 Å². The minimum absolute atomic E-state index is 0. The molecule has 0 unspecified atom stereocenters. The zero-order chi connectivity index (χ0) is 19.6. The lowest BCUT2D eigenvalue weighted by Crippen LogP contribution is -2.45. The van der Waals surface area contributed by atoms with Gasteiger partial charge in [0.1, 0.15) is 6.10 Å². The van der Waals surface area contributed by atoms with Gasteiger partial charge in [-0.1, -0.05) is 48.5 Å². The molecule has 5 heteroatoms. The Kier molecular flexibility index (Phi) is 6.66. The molecule has 0 aliphatic heterocycles. The van der Waals surface area contributed by atoms with Gasteiger partial charge in [-0.3, -0.25) is 9.69 Å². The number of ether oxygens (including phenoxy) is 1. The highest BCUT2D eigenvalue weighted by molar-refractivity contribution is 5.87. The van der Waals surface area contributed by atoms with E-state index in [4.69, 9.17) is 4.74 Å². The minimum Gasteiger partial charge on any atom is -0.462 e. The predicted octanol–water partition coefficient (Wildman–Crippen LogP) is 5.08. The second-order valence-electron chi connectivity index (χ2n) is 8.02. The van der Waals surface area contributed by atoms with Crippen LogP contribution >= 0.6 is 12.4 Å². The summed E-state index contributed by atoms with van der Waals surface area (Å²) in [6.45, 7) is 0. The number of H-pyrrole nitrogens is 1. The maximum Gasteiger partial charge on any atom is 0.310 e. The maximum absolute atomic E-state index is 12.5. The van der Waals surface area contributed by atoms with Crippen LogP contribution in [0.25, 0.3) is 10.9 Å². The number of fused-ring (bicyclic) bond motifs is 1. The summed E-state index contributed by atoms with van der Waals surface area (Å²) in [5, 5.41) is 1.10. The SMILES string of the molecule is CN(C)C1(c2ccccc2)CCC(OC(=O)Cc2c[nH]c3ccccc23)CC1.Cl. The molecular formula is C24H29ClN2O2. The van der Waals surface area contributed by atoms with E-state index < -0.39 is 0 Å². The van der Waals surface area contributed by atoms with E-state index in [2.05, 4.69) is 54.3 Å². The molecule has 0 atom stereocenters. The number of aromatic nitrogens is 1. The lowest BCUT2D eigenvalue weighted by Gasteiger charge is -2.45. The Balaban J connectivity index is 0.00000240. The summed E-state index contributed by atoms with van der Waals surface area (Å²) in [6.07, 6.45) is 6.02. The molecule has 29 heavy (non-hydrogen) atoms. The number of halogens is 1. The van der Waals surface area contributed by atoms with Crippen molar-refractivity contribution in [3.63, 3.8) is 0 Å². The molecule has 0 bridgehead atoms. The van der Waals surface area contributed by atoms with E-state index >= 15 is 0 Å². The van der Waals surface area contributed by atoms with Crippen LogP contribution in [0.4, 0.5) is 0 Å². The lowest BCUT2D eigenvalue weighted by molar-refractivity contribution is -0.151. The monoisotopic (exact) mass is 412 g/mol. The quantitative estimate of drug-likeness (QED) is 0.594. The van der Waals surface area contributed by atoms with E-state index in [1.165, 1.54) is 5.56 Å². The molecule has 1 heterocycles. The van der Waals surface area contributed by atoms with E-state index in [0.717, 1.165) is 42.1 Å². The van der Waals surface area contributed by atoms with Crippen LogP contribution in [0, 0.1) is 0 Å². The first-order valence-electron chi connectivity index (χ1n) is 10.1. The van der Waals surface area contributed by atoms with Gasteiger partial charge >= 0.3 is 5.97 Å². The summed E-state index contributed by atoms with van der Waals surface area (Å²) in [5.74, 6) is -0.133. The largest absolute Gasteiger partial charge is 0.462 e. The second kappa shape index (κ2) is 9.02. The fourth-order valence-corrected chi connectivity index (χ4v) is 4.59. The van der Waals surface area contributed by atoms with Crippen LogP contribution in [0.1, 0.15) is 36.8 Å². The van der Waals surface area contributed by atoms with Crippen LogP contribution in [0.15, 0.2) is 60.8 Å². The van der Waals surface area contributed by atoms with Crippen molar-refractivity contribution in [2.45, 2.75) is 43.7 Å². The molecule has 2 aromatic carbocycles. The number of carbonyl (C=O) groups is 1. The molecule has 4 rings (SSSR count). The zero-order valence-corrected chi connectivity index (χ0v) is 17.9. The van der Waals surface area contributed by atoms with Gasteiger partial charge in [-0.25, -0.2) is 0 Å². The van der Waals surface area contributed by atoms with Crippen LogP contribution in [-0.2, 0) is 21.5 Å². The van der Waals surface area contributed by atoms with Crippen molar-refractivity contribution in [2.75, 3.05) is 14.1 Å². The molecule has 0 saturated heterocycles. The van der Waals surface area contributed by atoms with Gasteiger partial charge in [0.2, 0.25) is 0 Å². The van der Waals surface area contributed by atoms with Gasteiger partial charge in [-0.15, -0.1) is 12.4 Å². The number of rotatable bonds is 5. The molecular weight excluding hydrogens is 384 g/mol. The van der Waals surface area contributed by atoms with E-state index in [-0.39, 0.29) is 30.0 Å². The van der Waals surface area contributed by atoms with Crippen LogP contribution in [0.5, 0.6) is 0 Å². The number of para-hydroxylation sites is 1. The smallest absolute Gasteiger partial charge is 0.310 e. The van der Waals surface area contributed by atoms with Crippen LogP contribution < -0.4 is 0 Å². The van der Waals surface area contributed by atoms with Gasteiger partial charge in [-0.2, -0.15) is 0 Å². The number of aromatic amines is 1. The van der Waals surface area contributed by atoms with E-state index in [0.29, 0.717) is 6.42 Å². The number of carbonyl (C=O) groups excluding carboxylic acids is 1. The first kappa shape index (κ1) is 21.4. The molecule has 1 aliphatic rings. The molecule has 1 N–H and O–H groups in total. The van der Waals surface area contributed by atoms with Crippen molar-refractivity contribution in [2.24, 2.45) is 0 Å². The van der Waals surface area contributed by atoms with Crippen molar-refractivity contribution >= 4 is 29.3 Å². The van der Waals surface area contributed by atoms with Crippen molar-refractivity contribution < 1.29 is 9.53 Å². The summed E-state index contributed by atoms with van der Waals surface area (Å²) in [7, 11) is 4.30. The number of nitrogens with zero attached hydrogens (tertiary/aromatic N) is 1. The Morgan fingerprint density at radius 1 is 1.07 bits per heavy atom. The third kappa shape index (κ3) is 4.34. The zero-order valence-electron chi connectivity index (χ0n) is 17.1. The Labute approximate surface area is 178 Å². The van der Waals surface area contributed by atoms with E-state index in [9.17, 15) is 4.79 Å². The first-order valence-corrected chi connectivity index (χ1v) is 10.1. The average molecular weight is 413 g/mol. The summed E-state index contributed by atoms with van der Waals surface area (Å²) in [5.41, 5.74) is 3.44. The number of nitrogens with one attached hydrogen (secondary N) is 1. The standard InChI is InChI=1S/C24H28N2O2.ClH/c1-26(2)24(19-8-4-3-5-9-19)14-12-20(13-15-24)28-23(27)16-18-17-25-22-11-7-6-10-21(18)22;/h3-11,17,20,25H,12-16H2,1-2H3;1H. The minimum atomic E-state index is -0.133. The molecule has 0 amide bonds. The van der Waals surface area contributed by atoms with Crippen molar-refractivity contribution in [3.8, 4) is 0 Å². The van der Waals surface area contributed by atoms with Crippen molar-refractivity contribution in [1.29, 1.82) is 0 Å². The van der Waals surface area contributed by atoms with Crippen molar-refractivity contribution in [3.05, 3.63) is 71.9 Å². The van der Waals surface area contributed by atoms with E-state index in [1.807, 2.05) is 30.5 Å².